The largest absolute Gasteiger partial charge is 0.457 e. The van der Waals surface area contributed by atoms with Crippen LogP contribution in [0.25, 0.3) is 16.9 Å². The number of anilines is 1. The normalized spacial score (nSPS) is 16.5. The van der Waals surface area contributed by atoms with Crippen LogP contribution in [0.1, 0.15) is 12.5 Å². The number of aromatic nitrogens is 4. The third kappa shape index (κ3) is 4.89. The number of nitrogens with two attached hydrogens (primary N) is 1. The maximum atomic E-state index is 13.8. The van der Waals surface area contributed by atoms with Gasteiger partial charge in [0.15, 0.2) is 11.5 Å². The molecule has 186 valence electrons. The van der Waals surface area contributed by atoms with Gasteiger partial charge in [-0.15, -0.1) is 0 Å². The van der Waals surface area contributed by atoms with E-state index >= 15 is 0 Å². The Kier molecular flexibility index (Phi) is 6.84. The molecule has 2 aromatic carbocycles. The van der Waals surface area contributed by atoms with E-state index in [-0.39, 0.29) is 17.5 Å². The van der Waals surface area contributed by atoms with Gasteiger partial charge in [-0.1, -0.05) is 30.4 Å². The van der Waals surface area contributed by atoms with E-state index in [1.54, 1.807) is 9.13 Å². The minimum Gasteiger partial charge on any atom is -0.457 e. The van der Waals surface area contributed by atoms with Gasteiger partial charge < -0.3 is 15.4 Å². The smallest absolute Gasteiger partial charge is 0.335 e. The minimum absolute atomic E-state index is 0.0125. The predicted octanol–water partition coefficient (Wildman–Crippen LogP) is 3.32. The lowest BCUT2D eigenvalue weighted by atomic mass is 10.2. The van der Waals surface area contributed by atoms with Gasteiger partial charge in [-0.2, -0.15) is 0 Å². The molecule has 2 aromatic heterocycles. The van der Waals surface area contributed by atoms with Crippen molar-refractivity contribution < 1.29 is 4.74 Å². The second-order valence-electron chi connectivity index (χ2n) is 9.26. The second kappa shape index (κ2) is 10.3. The molecule has 0 unspecified atom stereocenters. The van der Waals surface area contributed by atoms with Crippen molar-refractivity contribution in [1.82, 2.24) is 28.9 Å². The van der Waals surface area contributed by atoms with Gasteiger partial charge in [0.2, 0.25) is 0 Å². The first-order valence-corrected chi connectivity index (χ1v) is 12.1. The number of fused-ring (bicyclic) bond motifs is 1. The lowest BCUT2D eigenvalue weighted by molar-refractivity contribution is 0.356. The van der Waals surface area contributed by atoms with E-state index in [0.29, 0.717) is 22.6 Å². The molecule has 0 spiro atoms. The summed E-state index contributed by atoms with van der Waals surface area (Å²) in [7, 11) is 4.10. The number of benzene rings is 2. The van der Waals surface area contributed by atoms with Gasteiger partial charge in [0.25, 0.3) is 0 Å². The highest BCUT2D eigenvalue weighted by atomic mass is 16.5. The van der Waals surface area contributed by atoms with Gasteiger partial charge in [-0.05, 0) is 56.9 Å². The summed E-state index contributed by atoms with van der Waals surface area (Å²) in [6.45, 7) is 3.47. The zero-order valence-electron chi connectivity index (χ0n) is 20.6. The SMILES string of the molecule is CN(C)C/C=C/CN1CC[C@@H](n2c(=O)n(-c3ccc(Oc4ccccc4)cc3)c3c(N)ncnc32)C1. The van der Waals surface area contributed by atoms with Gasteiger partial charge in [-0.25, -0.2) is 14.8 Å². The summed E-state index contributed by atoms with van der Waals surface area (Å²) >= 11 is 0. The van der Waals surface area contributed by atoms with E-state index in [0.717, 1.165) is 38.3 Å². The van der Waals surface area contributed by atoms with Gasteiger partial charge in [-0.3, -0.25) is 14.0 Å². The number of rotatable bonds is 8. The first kappa shape index (κ1) is 23.8. The quantitative estimate of drug-likeness (QED) is 0.383. The number of hydrogen-bond donors (Lipinski definition) is 1. The fourth-order valence-corrected chi connectivity index (χ4v) is 4.62. The monoisotopic (exact) mass is 485 g/mol. The van der Waals surface area contributed by atoms with Gasteiger partial charge >= 0.3 is 5.69 Å². The van der Waals surface area contributed by atoms with Crippen molar-refractivity contribution in [3.8, 4) is 17.2 Å². The van der Waals surface area contributed by atoms with Crippen LogP contribution in [0, 0.1) is 0 Å². The molecule has 9 heteroatoms. The number of likely N-dealkylation sites (tertiary alicyclic amines) is 1. The Morgan fingerprint density at radius 2 is 1.81 bits per heavy atom. The van der Waals surface area contributed by atoms with Gasteiger partial charge in [0, 0.05) is 26.2 Å². The van der Waals surface area contributed by atoms with Crippen molar-refractivity contribution in [2.45, 2.75) is 12.5 Å². The fourth-order valence-electron chi connectivity index (χ4n) is 4.62. The van der Waals surface area contributed by atoms with Crippen LogP contribution in [-0.2, 0) is 0 Å². The zero-order valence-corrected chi connectivity index (χ0v) is 20.6. The predicted molar refractivity (Wildman–Crippen MR) is 142 cm³/mol. The summed E-state index contributed by atoms with van der Waals surface area (Å²) in [6.07, 6.45) is 6.65. The number of likely N-dealkylation sites (N-methyl/N-ethyl adjacent to an activating group) is 1. The Bertz CT molecular complexity index is 1410. The maximum absolute atomic E-state index is 13.8. The summed E-state index contributed by atoms with van der Waals surface area (Å²) in [5.74, 6) is 1.71. The summed E-state index contributed by atoms with van der Waals surface area (Å²) < 4.78 is 9.30. The molecule has 36 heavy (non-hydrogen) atoms. The van der Waals surface area contributed by atoms with Crippen molar-refractivity contribution in [3.63, 3.8) is 0 Å². The Morgan fingerprint density at radius 3 is 2.56 bits per heavy atom. The highest BCUT2D eigenvalue weighted by Gasteiger charge is 2.29. The average Bonchev–Trinajstić information content (AvgIpc) is 3.45. The number of para-hydroxylation sites is 1. The van der Waals surface area contributed by atoms with E-state index < -0.39 is 0 Å². The van der Waals surface area contributed by atoms with Crippen LogP contribution in [0.2, 0.25) is 0 Å². The first-order chi connectivity index (χ1) is 17.5. The Labute approximate surface area is 210 Å². The fraction of sp³-hybridized carbons (Fsp3) is 0.296. The average molecular weight is 486 g/mol. The van der Waals surface area contributed by atoms with Gasteiger partial charge in [0.05, 0.1) is 11.7 Å². The van der Waals surface area contributed by atoms with Crippen molar-refractivity contribution >= 4 is 17.0 Å². The van der Waals surface area contributed by atoms with Crippen molar-refractivity contribution in [2.75, 3.05) is 46.0 Å². The second-order valence-corrected chi connectivity index (χ2v) is 9.26. The van der Waals surface area contributed by atoms with Crippen LogP contribution in [-0.4, -0.2) is 69.2 Å². The zero-order chi connectivity index (χ0) is 25.1. The Balaban J connectivity index is 1.44. The standard InChI is InChI=1S/C27H31N7O2/c1-31(2)15-6-7-16-32-17-14-21(18-32)34-26-24(25(28)29-19-30-26)33(27(34)35)20-10-12-23(13-11-20)36-22-8-4-3-5-9-22/h3-13,19,21H,14-18H2,1-2H3,(H2,28,29,30)/b7-6+/t21-/m1/s1. The van der Waals surface area contributed by atoms with Crippen LogP contribution in [0.15, 0.2) is 77.9 Å². The third-order valence-corrected chi connectivity index (χ3v) is 6.37. The molecule has 1 aliphatic heterocycles. The van der Waals surface area contributed by atoms with E-state index in [9.17, 15) is 4.79 Å². The molecule has 1 fully saturated rings. The highest BCUT2D eigenvalue weighted by Crippen LogP contribution is 2.28. The van der Waals surface area contributed by atoms with Crippen LogP contribution in [0.5, 0.6) is 11.5 Å². The van der Waals surface area contributed by atoms with Crippen LogP contribution >= 0.6 is 0 Å². The molecule has 4 aromatic rings. The summed E-state index contributed by atoms with van der Waals surface area (Å²) in [4.78, 5) is 26.9. The molecule has 0 bridgehead atoms. The molecular weight excluding hydrogens is 454 g/mol. The molecule has 3 heterocycles. The van der Waals surface area contributed by atoms with E-state index in [2.05, 4.69) is 46.0 Å². The van der Waals surface area contributed by atoms with Crippen LogP contribution in [0.4, 0.5) is 5.82 Å². The molecular formula is C27H31N7O2. The van der Waals surface area contributed by atoms with E-state index in [1.807, 2.05) is 54.6 Å². The first-order valence-electron chi connectivity index (χ1n) is 12.1. The lowest BCUT2D eigenvalue weighted by Gasteiger charge is -2.14. The topological polar surface area (TPSA) is 94.4 Å². The molecule has 0 aliphatic carbocycles. The molecule has 0 saturated carbocycles. The van der Waals surface area contributed by atoms with Gasteiger partial charge in [0.1, 0.15) is 23.3 Å². The number of nitrogens with zero attached hydrogens (tertiary/aromatic N) is 6. The Morgan fingerprint density at radius 1 is 1.06 bits per heavy atom. The maximum Gasteiger partial charge on any atom is 0.335 e. The molecule has 9 nitrogen and oxygen atoms in total. The lowest BCUT2D eigenvalue weighted by Crippen LogP contribution is -2.29. The van der Waals surface area contributed by atoms with Crippen LogP contribution in [0.3, 0.4) is 0 Å². The number of imidazole rings is 1. The molecule has 1 aliphatic rings. The number of hydrogen-bond acceptors (Lipinski definition) is 7. The third-order valence-electron chi connectivity index (χ3n) is 6.37. The number of ether oxygens (including phenoxy) is 1. The molecule has 0 amide bonds. The number of nitrogen functional groups attached to an aromatic ring is 1. The molecule has 1 atom stereocenters. The minimum atomic E-state index is -0.163. The van der Waals surface area contributed by atoms with Crippen LogP contribution < -0.4 is 16.2 Å². The van der Waals surface area contributed by atoms with Crippen molar-refractivity contribution in [3.05, 3.63) is 83.6 Å². The summed E-state index contributed by atoms with van der Waals surface area (Å²) in [6, 6.07) is 17.0. The molecule has 0 radical (unpaired) electrons. The molecule has 2 N–H and O–H groups in total. The summed E-state index contributed by atoms with van der Waals surface area (Å²) in [5, 5.41) is 0. The van der Waals surface area contributed by atoms with E-state index in [1.165, 1.54) is 6.33 Å². The van der Waals surface area contributed by atoms with Crippen molar-refractivity contribution in [2.24, 2.45) is 0 Å². The molecule has 5 rings (SSSR count). The molecule has 1 saturated heterocycles. The highest BCUT2D eigenvalue weighted by molar-refractivity contribution is 5.84. The Hall–Kier alpha value is -3.95. The van der Waals surface area contributed by atoms with E-state index in [4.69, 9.17) is 10.5 Å². The summed E-state index contributed by atoms with van der Waals surface area (Å²) in [5.41, 5.74) is 7.89. The van der Waals surface area contributed by atoms with Crippen molar-refractivity contribution in [1.29, 1.82) is 0 Å².